The molecule has 0 atom stereocenters. The maximum atomic E-state index is 12.7. The van der Waals surface area contributed by atoms with E-state index >= 15 is 0 Å². The number of amides is 1. The molecule has 1 N–H and O–H groups in total. The monoisotopic (exact) mass is 381 g/mol. The van der Waals surface area contributed by atoms with E-state index < -0.39 is 5.41 Å². The topological polar surface area (TPSA) is 77.8 Å². The maximum absolute atomic E-state index is 12.7. The van der Waals surface area contributed by atoms with Crippen LogP contribution in [-0.4, -0.2) is 20.1 Å². The minimum Gasteiger partial charge on any atom is -0.493 e. The Morgan fingerprint density at radius 2 is 1.68 bits per heavy atom. The number of hydrogen-bond acceptors (Lipinski definition) is 5. The first-order valence-electron chi connectivity index (χ1n) is 8.84. The highest BCUT2D eigenvalue weighted by Crippen LogP contribution is 2.33. The summed E-state index contributed by atoms with van der Waals surface area (Å²) in [6.07, 6.45) is 0. The Hall–Kier alpha value is -3.28. The lowest BCUT2D eigenvalue weighted by Crippen LogP contribution is -2.27. The van der Waals surface area contributed by atoms with Crippen molar-refractivity contribution < 1.29 is 18.7 Å². The molecule has 0 radical (unpaired) electrons. The first-order valence-corrected chi connectivity index (χ1v) is 8.84. The molecule has 0 saturated heterocycles. The predicted molar refractivity (Wildman–Crippen MR) is 109 cm³/mol. The van der Waals surface area contributed by atoms with E-state index in [4.69, 9.17) is 13.9 Å². The highest BCUT2D eigenvalue weighted by molar-refractivity contribution is 5.96. The van der Waals surface area contributed by atoms with Gasteiger partial charge in [-0.2, -0.15) is 0 Å². The molecule has 0 unspecified atom stereocenters. The van der Waals surface area contributed by atoms with Gasteiger partial charge in [0.1, 0.15) is 11.3 Å². The van der Waals surface area contributed by atoms with Gasteiger partial charge in [0.2, 0.25) is 5.91 Å². The molecule has 1 heterocycles. The Kier molecular flexibility index (Phi) is 5.14. The molecular formula is C22H23NO5. The summed E-state index contributed by atoms with van der Waals surface area (Å²) in [6.45, 7) is 5.48. The van der Waals surface area contributed by atoms with Crippen LogP contribution in [0, 0.1) is 5.41 Å². The molecule has 0 aliphatic heterocycles. The average molecular weight is 381 g/mol. The van der Waals surface area contributed by atoms with Gasteiger partial charge in [-0.05, 0) is 36.4 Å². The van der Waals surface area contributed by atoms with E-state index in [1.807, 2.05) is 20.8 Å². The molecule has 6 nitrogen and oxygen atoms in total. The first-order chi connectivity index (χ1) is 13.2. The molecule has 1 amide bonds. The highest BCUT2D eigenvalue weighted by atomic mass is 16.5. The van der Waals surface area contributed by atoms with E-state index in [9.17, 15) is 9.59 Å². The van der Waals surface area contributed by atoms with Crippen LogP contribution in [0.15, 0.2) is 51.7 Å². The summed E-state index contributed by atoms with van der Waals surface area (Å²) in [5.74, 6) is 1.43. The minimum absolute atomic E-state index is 0.127. The minimum atomic E-state index is -0.531. The molecule has 0 aliphatic carbocycles. The van der Waals surface area contributed by atoms with Gasteiger partial charge in [0.25, 0.3) is 0 Å². The lowest BCUT2D eigenvalue weighted by Gasteiger charge is -2.17. The molecule has 0 aliphatic rings. The molecule has 146 valence electrons. The van der Waals surface area contributed by atoms with Gasteiger partial charge in [-0.1, -0.05) is 20.8 Å². The molecule has 0 fully saturated rings. The number of anilines is 1. The second kappa shape index (κ2) is 7.38. The zero-order chi connectivity index (χ0) is 20.5. The van der Waals surface area contributed by atoms with Crippen molar-refractivity contribution in [1.29, 1.82) is 0 Å². The summed E-state index contributed by atoms with van der Waals surface area (Å²) >= 11 is 0. The van der Waals surface area contributed by atoms with Crippen molar-refractivity contribution in [3.63, 3.8) is 0 Å². The van der Waals surface area contributed by atoms with Crippen molar-refractivity contribution in [2.75, 3.05) is 19.5 Å². The third kappa shape index (κ3) is 3.86. The first kappa shape index (κ1) is 19.5. The number of fused-ring (bicyclic) bond motifs is 1. The van der Waals surface area contributed by atoms with Crippen molar-refractivity contribution in [1.82, 2.24) is 0 Å². The molecule has 0 saturated carbocycles. The van der Waals surface area contributed by atoms with Gasteiger partial charge in [-0.25, -0.2) is 0 Å². The van der Waals surface area contributed by atoms with Crippen LogP contribution in [0.5, 0.6) is 11.5 Å². The second-order valence-electron chi connectivity index (χ2n) is 7.46. The van der Waals surface area contributed by atoms with Gasteiger partial charge in [0.15, 0.2) is 16.9 Å². The van der Waals surface area contributed by atoms with Crippen molar-refractivity contribution in [3.05, 3.63) is 52.7 Å². The van der Waals surface area contributed by atoms with Crippen LogP contribution in [0.4, 0.5) is 5.69 Å². The van der Waals surface area contributed by atoms with Gasteiger partial charge in [0.05, 0.1) is 19.6 Å². The summed E-state index contributed by atoms with van der Waals surface area (Å²) in [4.78, 5) is 24.8. The lowest BCUT2D eigenvalue weighted by molar-refractivity contribution is -0.123. The number of carbonyl (C=O) groups excluding carboxylic acids is 1. The molecular weight excluding hydrogens is 358 g/mol. The number of hydrogen-bond donors (Lipinski definition) is 1. The highest BCUT2D eigenvalue weighted by Gasteiger charge is 2.21. The zero-order valence-electron chi connectivity index (χ0n) is 16.6. The van der Waals surface area contributed by atoms with Crippen LogP contribution in [-0.2, 0) is 4.79 Å². The van der Waals surface area contributed by atoms with Crippen LogP contribution < -0.4 is 20.2 Å². The van der Waals surface area contributed by atoms with Gasteiger partial charge in [-0.15, -0.1) is 0 Å². The largest absolute Gasteiger partial charge is 0.493 e. The number of ether oxygens (including phenoxy) is 2. The van der Waals surface area contributed by atoms with E-state index in [0.29, 0.717) is 39.5 Å². The van der Waals surface area contributed by atoms with Crippen molar-refractivity contribution in [3.8, 4) is 22.8 Å². The summed E-state index contributed by atoms with van der Waals surface area (Å²) in [5.41, 5.74) is 0.959. The number of nitrogens with one attached hydrogen (secondary N) is 1. The Morgan fingerprint density at radius 1 is 0.964 bits per heavy atom. The molecule has 0 bridgehead atoms. The Labute approximate surface area is 163 Å². The standard InChI is InChI=1S/C22H23NO5/c1-22(2,3)21(25)23-14-7-9-17-15(11-14)16(24)12-19(28-17)13-6-8-18(26-4)20(10-13)27-5/h6-12H,1-5H3,(H,23,25). The Bertz CT molecular complexity index is 1090. The van der Waals surface area contributed by atoms with E-state index in [1.165, 1.54) is 6.07 Å². The number of benzene rings is 2. The molecule has 28 heavy (non-hydrogen) atoms. The van der Waals surface area contributed by atoms with Crippen LogP contribution in [0.2, 0.25) is 0 Å². The van der Waals surface area contributed by atoms with Gasteiger partial charge < -0.3 is 19.2 Å². The van der Waals surface area contributed by atoms with Crippen molar-refractivity contribution in [2.45, 2.75) is 20.8 Å². The molecule has 0 spiro atoms. The fourth-order valence-electron chi connectivity index (χ4n) is 2.68. The summed E-state index contributed by atoms with van der Waals surface area (Å²) in [5, 5.41) is 3.22. The number of carbonyl (C=O) groups is 1. The van der Waals surface area contributed by atoms with E-state index in [2.05, 4.69) is 5.32 Å². The number of methoxy groups -OCH3 is 2. The van der Waals surface area contributed by atoms with Gasteiger partial charge >= 0.3 is 0 Å². The zero-order valence-corrected chi connectivity index (χ0v) is 16.6. The SMILES string of the molecule is COc1ccc(-c2cc(=O)c3cc(NC(=O)C(C)(C)C)ccc3o2)cc1OC. The van der Waals surface area contributed by atoms with Crippen LogP contribution >= 0.6 is 0 Å². The fourth-order valence-corrected chi connectivity index (χ4v) is 2.68. The smallest absolute Gasteiger partial charge is 0.229 e. The fraction of sp³-hybridized carbons (Fsp3) is 0.273. The van der Waals surface area contributed by atoms with Crippen molar-refractivity contribution in [2.24, 2.45) is 5.41 Å². The maximum Gasteiger partial charge on any atom is 0.229 e. The average Bonchev–Trinajstić information content (AvgIpc) is 2.67. The summed E-state index contributed by atoms with van der Waals surface area (Å²) < 4.78 is 16.5. The predicted octanol–water partition coefficient (Wildman–Crippen LogP) is 4.46. The molecule has 2 aromatic carbocycles. The molecule has 6 heteroatoms. The van der Waals surface area contributed by atoms with Crippen LogP contribution in [0.1, 0.15) is 20.8 Å². The molecule has 1 aromatic heterocycles. The van der Waals surface area contributed by atoms with Crippen LogP contribution in [0.25, 0.3) is 22.3 Å². The van der Waals surface area contributed by atoms with Gasteiger partial charge in [0, 0.05) is 22.7 Å². The quantitative estimate of drug-likeness (QED) is 0.722. The summed E-state index contributed by atoms with van der Waals surface area (Å²) in [6, 6.07) is 11.8. The van der Waals surface area contributed by atoms with E-state index in [-0.39, 0.29) is 11.3 Å². The lowest BCUT2D eigenvalue weighted by atomic mass is 9.95. The number of rotatable bonds is 4. The third-order valence-corrected chi connectivity index (χ3v) is 4.33. The third-order valence-electron chi connectivity index (χ3n) is 4.33. The van der Waals surface area contributed by atoms with Crippen molar-refractivity contribution >= 4 is 22.6 Å². The molecule has 3 aromatic rings. The van der Waals surface area contributed by atoms with Gasteiger partial charge in [-0.3, -0.25) is 9.59 Å². The van der Waals surface area contributed by atoms with Crippen LogP contribution in [0.3, 0.4) is 0 Å². The Balaban J connectivity index is 2.01. The normalized spacial score (nSPS) is 11.3. The Morgan fingerprint density at radius 3 is 2.32 bits per heavy atom. The van der Waals surface area contributed by atoms with E-state index in [1.54, 1.807) is 50.6 Å². The summed E-state index contributed by atoms with van der Waals surface area (Å²) in [7, 11) is 3.11. The molecule has 3 rings (SSSR count). The van der Waals surface area contributed by atoms with E-state index in [0.717, 1.165) is 0 Å². The second-order valence-corrected chi connectivity index (χ2v) is 7.46.